The molecule has 0 spiro atoms. The minimum absolute atomic E-state index is 0.0440. The van der Waals surface area contributed by atoms with Crippen LogP contribution >= 0.6 is 0 Å². The van der Waals surface area contributed by atoms with Gasteiger partial charge in [0.2, 0.25) is 0 Å². The van der Waals surface area contributed by atoms with Gasteiger partial charge in [0.05, 0.1) is 30.1 Å². The zero-order valence-corrected chi connectivity index (χ0v) is 10.6. The van der Waals surface area contributed by atoms with Crippen LogP contribution in [0.2, 0.25) is 0 Å². The molecule has 5 aliphatic heterocycles. The van der Waals surface area contributed by atoms with Crippen LogP contribution < -0.4 is 0 Å². The van der Waals surface area contributed by atoms with Gasteiger partial charge in [0.25, 0.3) is 0 Å². The Kier molecular flexibility index (Phi) is 2.04. The molecule has 0 aliphatic carbocycles. The Morgan fingerprint density at radius 2 is 2.10 bits per heavy atom. The summed E-state index contributed by atoms with van der Waals surface area (Å²) in [5.74, 6) is -0.875. The van der Waals surface area contributed by atoms with Crippen LogP contribution in [0.4, 0.5) is 0 Å². The Morgan fingerprint density at radius 3 is 2.85 bits per heavy atom. The Morgan fingerprint density at radius 1 is 1.20 bits per heavy atom. The molecule has 8 unspecified atom stereocenters. The molecule has 4 bridgehead atoms. The largest absolute Gasteiger partial charge is 0.455 e. The summed E-state index contributed by atoms with van der Waals surface area (Å²) in [5, 5.41) is 0. The van der Waals surface area contributed by atoms with Gasteiger partial charge in [-0.3, -0.25) is 9.59 Å². The minimum atomic E-state index is -0.446. The lowest BCUT2D eigenvalue weighted by atomic mass is 9.88. The van der Waals surface area contributed by atoms with Crippen molar-refractivity contribution < 1.29 is 28.5 Å². The van der Waals surface area contributed by atoms with Crippen molar-refractivity contribution in [3.05, 3.63) is 12.2 Å². The van der Waals surface area contributed by atoms with Crippen molar-refractivity contribution in [1.29, 1.82) is 0 Å². The van der Waals surface area contributed by atoms with Crippen LogP contribution in [0.25, 0.3) is 0 Å². The molecule has 4 saturated heterocycles. The number of fused-ring (bicyclic) bond motifs is 3. The van der Waals surface area contributed by atoms with E-state index in [1.165, 1.54) is 0 Å². The topological polar surface area (TPSA) is 71.1 Å². The average Bonchev–Trinajstić information content (AvgIpc) is 3.19. The van der Waals surface area contributed by atoms with Crippen LogP contribution in [-0.4, -0.2) is 48.6 Å². The Hall–Kier alpha value is -1.40. The van der Waals surface area contributed by atoms with Gasteiger partial charge in [-0.2, -0.15) is 0 Å². The molecule has 5 aliphatic rings. The van der Waals surface area contributed by atoms with Gasteiger partial charge >= 0.3 is 11.9 Å². The Labute approximate surface area is 115 Å². The molecule has 5 rings (SSSR count). The molecule has 0 aromatic heterocycles. The fourth-order valence-corrected chi connectivity index (χ4v) is 4.11. The number of carbonyl (C=O) groups is 2. The molecule has 4 fully saturated rings. The maximum atomic E-state index is 12.3. The van der Waals surface area contributed by atoms with E-state index in [0.29, 0.717) is 12.8 Å². The summed E-state index contributed by atoms with van der Waals surface area (Å²) >= 11 is 0. The third kappa shape index (κ3) is 1.31. The van der Waals surface area contributed by atoms with E-state index in [1.807, 2.05) is 12.2 Å². The number of esters is 2. The highest BCUT2D eigenvalue weighted by Crippen LogP contribution is 2.48. The average molecular weight is 278 g/mol. The number of ether oxygens (including phenoxy) is 4. The lowest BCUT2D eigenvalue weighted by molar-refractivity contribution is -0.165. The van der Waals surface area contributed by atoms with Gasteiger partial charge in [-0.25, -0.2) is 0 Å². The first-order valence-electron chi connectivity index (χ1n) is 7.11. The van der Waals surface area contributed by atoms with Crippen LogP contribution in [-0.2, 0) is 28.5 Å². The number of carbonyl (C=O) groups excluding carboxylic acids is 2. The molecule has 0 N–H and O–H groups in total. The van der Waals surface area contributed by atoms with E-state index in [-0.39, 0.29) is 48.2 Å². The summed E-state index contributed by atoms with van der Waals surface area (Å²) in [6.45, 7) is 0. The number of rotatable bonds is 2. The van der Waals surface area contributed by atoms with E-state index in [0.717, 1.165) is 0 Å². The summed E-state index contributed by atoms with van der Waals surface area (Å²) in [5.41, 5.74) is 0. The third-order valence-corrected chi connectivity index (χ3v) is 5.07. The van der Waals surface area contributed by atoms with Gasteiger partial charge in [-0.05, 0) is 12.8 Å². The van der Waals surface area contributed by atoms with Gasteiger partial charge < -0.3 is 18.9 Å². The Bertz CT molecular complexity index is 528. The molecule has 0 radical (unpaired) electrons. The van der Waals surface area contributed by atoms with Crippen molar-refractivity contribution in [2.75, 3.05) is 0 Å². The number of hydrogen-bond donors (Lipinski definition) is 0. The number of hydrogen-bond acceptors (Lipinski definition) is 6. The fourth-order valence-electron chi connectivity index (χ4n) is 4.11. The van der Waals surface area contributed by atoms with Gasteiger partial charge in [-0.15, -0.1) is 0 Å². The normalized spacial score (nSPS) is 53.7. The van der Waals surface area contributed by atoms with Crippen LogP contribution in [0.5, 0.6) is 0 Å². The minimum Gasteiger partial charge on any atom is -0.455 e. The highest BCUT2D eigenvalue weighted by Gasteiger charge is 2.65. The van der Waals surface area contributed by atoms with Gasteiger partial charge in [0, 0.05) is 0 Å². The van der Waals surface area contributed by atoms with Crippen molar-refractivity contribution in [1.82, 2.24) is 0 Å². The fraction of sp³-hybridized carbons (Fsp3) is 0.714. The second-order valence-electron chi connectivity index (χ2n) is 6.15. The van der Waals surface area contributed by atoms with E-state index in [9.17, 15) is 9.59 Å². The molecule has 0 aromatic rings. The van der Waals surface area contributed by atoms with E-state index >= 15 is 0 Å². The van der Waals surface area contributed by atoms with Crippen LogP contribution in [0.1, 0.15) is 12.8 Å². The molecule has 0 saturated carbocycles. The molecule has 5 heterocycles. The van der Waals surface area contributed by atoms with Gasteiger partial charge in [0.1, 0.15) is 6.10 Å². The first-order valence-corrected chi connectivity index (χ1v) is 7.11. The second kappa shape index (κ2) is 3.62. The van der Waals surface area contributed by atoms with Crippen molar-refractivity contribution in [3.8, 4) is 0 Å². The summed E-state index contributed by atoms with van der Waals surface area (Å²) in [4.78, 5) is 23.9. The SMILES string of the molecule is O=C(OC1C2CC3C(=O)OC1C3O2)C1CC2C=CC1O2. The quantitative estimate of drug-likeness (QED) is 0.521. The molecule has 20 heavy (non-hydrogen) atoms. The Balaban J connectivity index is 1.32. The summed E-state index contributed by atoms with van der Waals surface area (Å²) < 4.78 is 22.2. The van der Waals surface area contributed by atoms with E-state index in [1.54, 1.807) is 0 Å². The standard InChI is InChI=1S/C14H14O6/c15-13(6-3-5-1-2-8(6)17-5)19-11-9-4-7-10(18-9)12(11)20-14(7)16/h1-2,5-12H,3-4H2. The van der Waals surface area contributed by atoms with Crippen molar-refractivity contribution in [2.45, 2.75) is 49.5 Å². The van der Waals surface area contributed by atoms with Crippen molar-refractivity contribution in [2.24, 2.45) is 11.8 Å². The second-order valence-corrected chi connectivity index (χ2v) is 6.15. The van der Waals surface area contributed by atoms with Crippen LogP contribution in [0, 0.1) is 11.8 Å². The molecule has 8 atom stereocenters. The molecular formula is C14H14O6. The van der Waals surface area contributed by atoms with Crippen molar-refractivity contribution in [3.63, 3.8) is 0 Å². The van der Waals surface area contributed by atoms with Crippen LogP contribution in [0.15, 0.2) is 12.2 Å². The molecule has 0 aromatic carbocycles. The highest BCUT2D eigenvalue weighted by molar-refractivity contribution is 5.78. The zero-order chi connectivity index (χ0) is 13.4. The first-order chi connectivity index (χ1) is 9.70. The summed E-state index contributed by atoms with van der Waals surface area (Å²) in [6, 6.07) is 0. The lowest BCUT2D eigenvalue weighted by Gasteiger charge is -2.24. The molecule has 6 nitrogen and oxygen atoms in total. The molecule has 106 valence electrons. The summed E-state index contributed by atoms with van der Waals surface area (Å²) in [7, 11) is 0. The zero-order valence-electron chi connectivity index (χ0n) is 10.6. The van der Waals surface area contributed by atoms with Crippen molar-refractivity contribution >= 4 is 11.9 Å². The summed E-state index contributed by atoms with van der Waals surface area (Å²) in [6.07, 6.45) is 3.79. The smallest absolute Gasteiger partial charge is 0.312 e. The van der Waals surface area contributed by atoms with E-state index in [2.05, 4.69) is 0 Å². The maximum absolute atomic E-state index is 12.3. The van der Waals surface area contributed by atoms with E-state index in [4.69, 9.17) is 18.9 Å². The monoisotopic (exact) mass is 278 g/mol. The van der Waals surface area contributed by atoms with Crippen LogP contribution in [0.3, 0.4) is 0 Å². The third-order valence-electron chi connectivity index (χ3n) is 5.07. The highest BCUT2D eigenvalue weighted by atomic mass is 16.7. The first kappa shape index (κ1) is 11.3. The van der Waals surface area contributed by atoms with Gasteiger partial charge in [-0.1, -0.05) is 12.2 Å². The molecule has 0 amide bonds. The lowest BCUT2D eigenvalue weighted by Crippen LogP contribution is -2.42. The predicted molar refractivity (Wildman–Crippen MR) is 62.4 cm³/mol. The van der Waals surface area contributed by atoms with Gasteiger partial charge in [0.15, 0.2) is 12.2 Å². The predicted octanol–water partition coefficient (Wildman–Crippen LogP) is -0.0456. The van der Waals surface area contributed by atoms with E-state index < -0.39 is 12.2 Å². The molecule has 6 heteroatoms. The maximum Gasteiger partial charge on any atom is 0.312 e. The molecular weight excluding hydrogens is 264 g/mol.